The molecule has 67 valence electrons. The van der Waals surface area contributed by atoms with Crippen molar-refractivity contribution in [3.63, 3.8) is 0 Å². The minimum atomic E-state index is 0. The molecule has 0 spiro atoms. The smallest absolute Gasteiger partial charge is 0 e. The van der Waals surface area contributed by atoms with Gasteiger partial charge < -0.3 is 7.43 Å². The van der Waals surface area contributed by atoms with E-state index in [-0.39, 0.29) is 40.1 Å². The third kappa shape index (κ3) is 8.42. The zero-order valence-corrected chi connectivity index (χ0v) is 11.7. The summed E-state index contributed by atoms with van der Waals surface area (Å²) >= 11 is 0. The summed E-state index contributed by atoms with van der Waals surface area (Å²) in [4.78, 5) is 0. The van der Waals surface area contributed by atoms with Gasteiger partial charge >= 0.3 is 0 Å². The van der Waals surface area contributed by atoms with Gasteiger partial charge in [-0.3, -0.25) is 0 Å². The molecule has 0 heterocycles. The van der Waals surface area contributed by atoms with E-state index in [0.29, 0.717) is 0 Å². The predicted octanol–water partition coefficient (Wildman–Crippen LogP) is 3.78. The Bertz CT molecular complexity index is 144. The van der Waals surface area contributed by atoms with Gasteiger partial charge in [0.25, 0.3) is 0 Å². The van der Waals surface area contributed by atoms with Crippen LogP contribution in [0.5, 0.6) is 0 Å². The molecule has 0 fully saturated rings. The monoisotopic (exact) mass is 240 g/mol. The average molecular weight is 240 g/mol. The molecule has 0 saturated heterocycles. The second-order valence-corrected chi connectivity index (χ2v) is 2.15. The van der Waals surface area contributed by atoms with Gasteiger partial charge in [-0.2, -0.15) is 0 Å². The van der Waals surface area contributed by atoms with E-state index >= 15 is 0 Å². The van der Waals surface area contributed by atoms with Gasteiger partial charge in [0, 0.05) is 32.7 Å². The van der Waals surface area contributed by atoms with E-state index < -0.39 is 0 Å². The van der Waals surface area contributed by atoms with Crippen molar-refractivity contribution in [3.05, 3.63) is 42.8 Å². The van der Waals surface area contributed by atoms with Crippen LogP contribution in [0.25, 0.3) is 0 Å². The summed E-state index contributed by atoms with van der Waals surface area (Å²) in [7, 11) is 0. The second-order valence-electron chi connectivity index (χ2n) is 2.15. The SMILES string of the molecule is CC.Cc1ccc(C)cc1.[CH3-].[Y]. The molecule has 0 saturated carbocycles. The van der Waals surface area contributed by atoms with Crippen LogP contribution in [0.4, 0.5) is 0 Å². The summed E-state index contributed by atoms with van der Waals surface area (Å²) in [6.45, 7) is 8.19. The first-order valence-electron chi connectivity index (χ1n) is 3.82. The minimum Gasteiger partial charge on any atom is -0.358 e. The number of benzene rings is 1. The maximum Gasteiger partial charge on any atom is 0 e. The predicted molar refractivity (Wildman–Crippen MR) is 53.7 cm³/mol. The molecule has 0 nitrogen and oxygen atoms in total. The Morgan fingerprint density at radius 2 is 0.917 bits per heavy atom. The molecule has 1 rings (SSSR count). The van der Waals surface area contributed by atoms with Gasteiger partial charge in [0.1, 0.15) is 0 Å². The fourth-order valence-electron chi connectivity index (χ4n) is 0.637. The summed E-state index contributed by atoms with van der Waals surface area (Å²) in [5.74, 6) is 0. The van der Waals surface area contributed by atoms with Crippen molar-refractivity contribution in [1.29, 1.82) is 0 Å². The standard InChI is InChI=1S/C8H10.C2H6.CH3.Y/c1-7-3-5-8(2)6-4-7;1-2;;/h3-6H,1-2H3;1-2H3;1H3;/q;;-1;. The molecule has 1 aromatic carbocycles. The van der Waals surface area contributed by atoms with Crippen LogP contribution in [-0.2, 0) is 32.7 Å². The first kappa shape index (κ1) is 18.2. The van der Waals surface area contributed by atoms with Crippen LogP contribution in [0.15, 0.2) is 24.3 Å². The van der Waals surface area contributed by atoms with Crippen molar-refractivity contribution in [2.45, 2.75) is 27.7 Å². The molecule has 0 N–H and O–H groups in total. The molecule has 0 aliphatic heterocycles. The Morgan fingerprint density at radius 3 is 1.08 bits per heavy atom. The first-order chi connectivity index (χ1) is 4.79. The number of aryl methyl sites for hydroxylation is 2. The van der Waals surface area contributed by atoms with Gasteiger partial charge in [0.15, 0.2) is 0 Å². The van der Waals surface area contributed by atoms with Crippen molar-refractivity contribution in [2.75, 3.05) is 0 Å². The largest absolute Gasteiger partial charge is 0.358 e. The number of rotatable bonds is 0. The summed E-state index contributed by atoms with van der Waals surface area (Å²) in [5.41, 5.74) is 2.66. The van der Waals surface area contributed by atoms with Gasteiger partial charge in [0.05, 0.1) is 0 Å². The van der Waals surface area contributed by atoms with Crippen LogP contribution >= 0.6 is 0 Å². The molecule has 0 amide bonds. The van der Waals surface area contributed by atoms with Crippen molar-refractivity contribution in [1.82, 2.24) is 0 Å². The summed E-state index contributed by atoms with van der Waals surface area (Å²) in [6.07, 6.45) is 0. The van der Waals surface area contributed by atoms with Gasteiger partial charge in [0.2, 0.25) is 0 Å². The maximum absolute atomic E-state index is 2.12. The molecule has 0 aliphatic carbocycles. The molecule has 12 heavy (non-hydrogen) atoms. The summed E-state index contributed by atoms with van der Waals surface area (Å²) in [6, 6.07) is 8.48. The van der Waals surface area contributed by atoms with Crippen molar-refractivity contribution >= 4 is 0 Å². The van der Waals surface area contributed by atoms with Gasteiger partial charge in [-0.25, -0.2) is 0 Å². The summed E-state index contributed by atoms with van der Waals surface area (Å²) in [5, 5.41) is 0. The Hall–Kier alpha value is 0.324. The Labute approximate surface area is 103 Å². The van der Waals surface area contributed by atoms with Crippen LogP contribution < -0.4 is 0 Å². The van der Waals surface area contributed by atoms with Crippen LogP contribution in [0, 0.1) is 21.3 Å². The Morgan fingerprint density at radius 1 is 0.750 bits per heavy atom. The molecule has 0 atom stereocenters. The van der Waals surface area contributed by atoms with Crippen molar-refractivity contribution < 1.29 is 32.7 Å². The second kappa shape index (κ2) is 11.3. The molecule has 1 heteroatoms. The van der Waals surface area contributed by atoms with Gasteiger partial charge in [-0.15, -0.1) is 0 Å². The van der Waals surface area contributed by atoms with Gasteiger partial charge in [-0.1, -0.05) is 49.2 Å². The summed E-state index contributed by atoms with van der Waals surface area (Å²) < 4.78 is 0. The Kier molecular flexibility index (Phi) is 17.2. The van der Waals surface area contributed by atoms with Gasteiger partial charge in [-0.05, 0) is 13.8 Å². The molecule has 0 aromatic heterocycles. The van der Waals surface area contributed by atoms with Crippen LogP contribution in [-0.4, -0.2) is 0 Å². The van der Waals surface area contributed by atoms with E-state index in [0.717, 1.165) is 0 Å². The number of hydrogen-bond acceptors (Lipinski definition) is 0. The van der Waals surface area contributed by atoms with Crippen molar-refractivity contribution in [2.24, 2.45) is 0 Å². The molecule has 0 unspecified atom stereocenters. The van der Waals surface area contributed by atoms with E-state index in [1.807, 2.05) is 13.8 Å². The van der Waals surface area contributed by atoms with Crippen LogP contribution in [0.3, 0.4) is 0 Å². The van der Waals surface area contributed by atoms with E-state index in [1.54, 1.807) is 0 Å². The molecular weight excluding hydrogens is 221 g/mol. The van der Waals surface area contributed by atoms with Crippen molar-refractivity contribution in [3.8, 4) is 0 Å². The average Bonchev–Trinajstić information content (AvgIpc) is 2.00. The molecular formula is C11H19Y-. The van der Waals surface area contributed by atoms with E-state index in [1.165, 1.54) is 11.1 Å². The normalized spacial score (nSPS) is 6.67. The van der Waals surface area contributed by atoms with E-state index in [4.69, 9.17) is 0 Å². The fraction of sp³-hybridized carbons (Fsp3) is 0.364. The molecule has 0 bridgehead atoms. The quantitative estimate of drug-likeness (QED) is 0.605. The first-order valence-corrected chi connectivity index (χ1v) is 3.82. The Balaban J connectivity index is -0.000000189. The zero-order chi connectivity index (χ0) is 7.98. The fourth-order valence-corrected chi connectivity index (χ4v) is 0.637. The maximum atomic E-state index is 2.12. The molecule has 1 radical (unpaired) electrons. The molecule has 1 aromatic rings. The third-order valence-corrected chi connectivity index (χ3v) is 1.22. The van der Waals surface area contributed by atoms with E-state index in [2.05, 4.69) is 38.1 Å². The van der Waals surface area contributed by atoms with Crippen LogP contribution in [0.1, 0.15) is 25.0 Å². The number of hydrogen-bond donors (Lipinski definition) is 0. The minimum absolute atomic E-state index is 0. The van der Waals surface area contributed by atoms with E-state index in [9.17, 15) is 0 Å². The molecule has 0 aliphatic rings. The topological polar surface area (TPSA) is 0 Å². The van der Waals surface area contributed by atoms with Crippen LogP contribution in [0.2, 0.25) is 0 Å². The third-order valence-electron chi connectivity index (χ3n) is 1.22. The zero-order valence-electron chi connectivity index (χ0n) is 8.89.